The SMILES string of the molecule is CCOC(=O)/C=C(\N)Cc1cccc(Br)c1. The van der Waals surface area contributed by atoms with Crippen molar-refractivity contribution in [2.75, 3.05) is 6.61 Å². The highest BCUT2D eigenvalue weighted by molar-refractivity contribution is 9.10. The van der Waals surface area contributed by atoms with Crippen molar-refractivity contribution in [3.05, 3.63) is 46.1 Å². The molecule has 0 aliphatic carbocycles. The number of benzene rings is 1. The van der Waals surface area contributed by atoms with Gasteiger partial charge in [-0.3, -0.25) is 0 Å². The van der Waals surface area contributed by atoms with E-state index < -0.39 is 5.97 Å². The van der Waals surface area contributed by atoms with Gasteiger partial charge in [0.1, 0.15) is 0 Å². The Balaban J connectivity index is 2.63. The summed E-state index contributed by atoms with van der Waals surface area (Å²) in [6.45, 7) is 2.12. The number of nitrogens with two attached hydrogens (primary N) is 1. The van der Waals surface area contributed by atoms with E-state index in [9.17, 15) is 4.79 Å². The highest BCUT2D eigenvalue weighted by atomic mass is 79.9. The summed E-state index contributed by atoms with van der Waals surface area (Å²) < 4.78 is 5.76. The molecule has 3 nitrogen and oxygen atoms in total. The predicted octanol–water partition coefficient (Wildman–Crippen LogP) is 2.40. The first-order chi connectivity index (χ1) is 7.61. The Bertz CT molecular complexity index is 402. The van der Waals surface area contributed by atoms with Crippen LogP contribution in [0.15, 0.2) is 40.5 Å². The van der Waals surface area contributed by atoms with Gasteiger partial charge in [0.15, 0.2) is 0 Å². The summed E-state index contributed by atoms with van der Waals surface area (Å²) in [7, 11) is 0. The minimum absolute atomic E-state index is 0.361. The molecule has 1 aromatic rings. The fourth-order valence-corrected chi connectivity index (χ4v) is 1.72. The first kappa shape index (κ1) is 12.8. The zero-order valence-corrected chi connectivity index (χ0v) is 10.7. The van der Waals surface area contributed by atoms with Gasteiger partial charge >= 0.3 is 5.97 Å². The molecule has 2 N–H and O–H groups in total. The smallest absolute Gasteiger partial charge is 0.332 e. The van der Waals surface area contributed by atoms with Gasteiger partial charge in [-0.15, -0.1) is 0 Å². The fraction of sp³-hybridized carbons (Fsp3) is 0.250. The summed E-state index contributed by atoms with van der Waals surface area (Å²) in [4.78, 5) is 11.1. The van der Waals surface area contributed by atoms with Gasteiger partial charge in [-0.05, 0) is 24.6 Å². The Morgan fingerprint density at radius 3 is 2.94 bits per heavy atom. The van der Waals surface area contributed by atoms with Crippen LogP contribution in [-0.2, 0) is 16.0 Å². The van der Waals surface area contributed by atoms with Crippen molar-refractivity contribution in [1.82, 2.24) is 0 Å². The Morgan fingerprint density at radius 2 is 2.31 bits per heavy atom. The van der Waals surface area contributed by atoms with Crippen molar-refractivity contribution in [3.63, 3.8) is 0 Å². The summed E-state index contributed by atoms with van der Waals surface area (Å²) in [5, 5.41) is 0. The predicted molar refractivity (Wildman–Crippen MR) is 66.7 cm³/mol. The molecule has 16 heavy (non-hydrogen) atoms. The van der Waals surface area contributed by atoms with E-state index in [1.165, 1.54) is 6.08 Å². The molecule has 0 aromatic heterocycles. The van der Waals surface area contributed by atoms with Crippen molar-refractivity contribution >= 4 is 21.9 Å². The average Bonchev–Trinajstić information content (AvgIpc) is 2.17. The van der Waals surface area contributed by atoms with Crippen LogP contribution in [0.25, 0.3) is 0 Å². The van der Waals surface area contributed by atoms with Crippen LogP contribution in [0, 0.1) is 0 Å². The molecule has 0 spiro atoms. The van der Waals surface area contributed by atoms with E-state index in [0.29, 0.717) is 18.7 Å². The second-order valence-corrected chi connectivity index (χ2v) is 4.19. The van der Waals surface area contributed by atoms with Gasteiger partial charge in [0.2, 0.25) is 0 Å². The highest BCUT2D eigenvalue weighted by Crippen LogP contribution is 2.13. The van der Waals surface area contributed by atoms with Crippen LogP contribution < -0.4 is 5.73 Å². The van der Waals surface area contributed by atoms with Gasteiger partial charge in [0.05, 0.1) is 6.61 Å². The average molecular weight is 284 g/mol. The van der Waals surface area contributed by atoms with Gasteiger partial charge in [-0.2, -0.15) is 0 Å². The molecule has 1 rings (SSSR count). The van der Waals surface area contributed by atoms with Gasteiger partial charge in [0.25, 0.3) is 0 Å². The second-order valence-electron chi connectivity index (χ2n) is 3.28. The van der Waals surface area contributed by atoms with E-state index in [-0.39, 0.29) is 0 Å². The number of carbonyl (C=O) groups is 1. The van der Waals surface area contributed by atoms with E-state index in [1.54, 1.807) is 6.92 Å². The number of rotatable bonds is 4. The molecular weight excluding hydrogens is 270 g/mol. The third-order valence-corrected chi connectivity index (χ3v) is 2.38. The molecule has 0 aliphatic heterocycles. The van der Waals surface area contributed by atoms with Crippen molar-refractivity contribution in [1.29, 1.82) is 0 Å². The van der Waals surface area contributed by atoms with Crippen molar-refractivity contribution < 1.29 is 9.53 Å². The number of hydrogen-bond acceptors (Lipinski definition) is 3. The minimum Gasteiger partial charge on any atom is -0.463 e. The fourth-order valence-electron chi connectivity index (χ4n) is 1.27. The molecule has 0 bridgehead atoms. The quantitative estimate of drug-likeness (QED) is 0.682. The maximum Gasteiger partial charge on any atom is 0.332 e. The Morgan fingerprint density at radius 1 is 1.56 bits per heavy atom. The number of allylic oxidation sites excluding steroid dienone is 1. The minimum atomic E-state index is -0.394. The maximum absolute atomic E-state index is 11.1. The third-order valence-electron chi connectivity index (χ3n) is 1.89. The molecule has 4 heteroatoms. The molecule has 0 atom stereocenters. The second kappa shape index (κ2) is 6.33. The van der Waals surface area contributed by atoms with Crippen LogP contribution in [0.5, 0.6) is 0 Å². The van der Waals surface area contributed by atoms with E-state index in [2.05, 4.69) is 15.9 Å². The lowest BCUT2D eigenvalue weighted by Gasteiger charge is -2.03. The number of carbonyl (C=O) groups excluding carboxylic acids is 1. The molecule has 1 aromatic carbocycles. The topological polar surface area (TPSA) is 52.3 Å². The van der Waals surface area contributed by atoms with Crippen molar-refractivity contribution in [2.24, 2.45) is 5.73 Å². The van der Waals surface area contributed by atoms with Gasteiger partial charge in [-0.1, -0.05) is 28.1 Å². The Hall–Kier alpha value is -1.29. The number of esters is 1. The summed E-state index contributed by atoms with van der Waals surface area (Å²) in [6.07, 6.45) is 1.86. The molecule has 0 amide bonds. The molecule has 0 unspecified atom stereocenters. The van der Waals surface area contributed by atoms with Crippen LogP contribution in [0.4, 0.5) is 0 Å². The summed E-state index contributed by atoms with van der Waals surface area (Å²) in [5.74, 6) is -0.394. The molecule has 0 heterocycles. The zero-order chi connectivity index (χ0) is 12.0. The molecule has 0 radical (unpaired) electrons. The molecule has 86 valence electrons. The molecular formula is C12H14BrNO2. The Labute approximate surface area is 103 Å². The van der Waals surface area contributed by atoms with Gasteiger partial charge in [-0.25, -0.2) is 4.79 Å². The standard InChI is InChI=1S/C12H14BrNO2/c1-2-16-12(15)8-11(14)7-9-4-3-5-10(13)6-9/h3-6,8H,2,7,14H2,1H3/b11-8-. The molecule has 0 fully saturated rings. The van der Waals surface area contributed by atoms with Crippen LogP contribution in [0.1, 0.15) is 12.5 Å². The first-order valence-corrected chi connectivity index (χ1v) is 5.78. The highest BCUT2D eigenvalue weighted by Gasteiger charge is 2.00. The lowest BCUT2D eigenvalue weighted by atomic mass is 10.1. The van der Waals surface area contributed by atoms with E-state index in [0.717, 1.165) is 10.0 Å². The van der Waals surface area contributed by atoms with Crippen molar-refractivity contribution in [3.8, 4) is 0 Å². The number of halogens is 1. The Kier molecular flexibility index (Phi) is 5.05. The lowest BCUT2D eigenvalue weighted by Crippen LogP contribution is -2.07. The molecule has 0 aliphatic rings. The summed E-state index contributed by atoms with van der Waals surface area (Å²) in [6, 6.07) is 7.79. The lowest BCUT2D eigenvalue weighted by molar-refractivity contribution is -0.137. The summed E-state index contributed by atoms with van der Waals surface area (Å²) >= 11 is 3.38. The zero-order valence-electron chi connectivity index (χ0n) is 9.07. The van der Waals surface area contributed by atoms with E-state index >= 15 is 0 Å². The van der Waals surface area contributed by atoms with Crippen LogP contribution >= 0.6 is 15.9 Å². The first-order valence-electron chi connectivity index (χ1n) is 4.99. The van der Waals surface area contributed by atoms with Crippen LogP contribution in [0.2, 0.25) is 0 Å². The van der Waals surface area contributed by atoms with E-state index in [4.69, 9.17) is 10.5 Å². The molecule has 0 saturated heterocycles. The largest absolute Gasteiger partial charge is 0.463 e. The third kappa shape index (κ3) is 4.49. The normalized spacial score (nSPS) is 11.2. The summed E-state index contributed by atoms with van der Waals surface area (Å²) in [5.41, 5.74) is 7.28. The number of hydrogen-bond donors (Lipinski definition) is 1. The van der Waals surface area contributed by atoms with Gasteiger partial charge < -0.3 is 10.5 Å². The monoisotopic (exact) mass is 283 g/mol. The van der Waals surface area contributed by atoms with Crippen LogP contribution in [0.3, 0.4) is 0 Å². The maximum atomic E-state index is 11.1. The van der Waals surface area contributed by atoms with Crippen LogP contribution in [-0.4, -0.2) is 12.6 Å². The molecule has 0 saturated carbocycles. The van der Waals surface area contributed by atoms with Gasteiger partial charge in [0, 0.05) is 22.7 Å². The van der Waals surface area contributed by atoms with Crippen molar-refractivity contribution in [2.45, 2.75) is 13.3 Å². The van der Waals surface area contributed by atoms with E-state index in [1.807, 2.05) is 24.3 Å². The number of ether oxygens (including phenoxy) is 1.